The molecule has 0 spiro atoms. The van der Waals surface area contributed by atoms with Crippen molar-refractivity contribution in [3.63, 3.8) is 0 Å². The summed E-state index contributed by atoms with van der Waals surface area (Å²) in [7, 11) is 0. The molecule has 2 nitrogen and oxygen atoms in total. The maximum absolute atomic E-state index is 5.39. The Morgan fingerprint density at radius 3 is 2.42 bits per heavy atom. The Kier molecular flexibility index (Phi) is 4.35. The predicted octanol–water partition coefficient (Wildman–Crippen LogP) is 4.24. The van der Waals surface area contributed by atoms with Crippen molar-refractivity contribution >= 4 is 5.71 Å². The number of hydrogen-bond acceptors (Lipinski definition) is 2. The average molecular weight is 253 g/mol. The summed E-state index contributed by atoms with van der Waals surface area (Å²) in [5.74, 6) is 0. The number of aryl methyl sites for hydroxylation is 2. The lowest BCUT2D eigenvalue weighted by Gasteiger charge is -2.05. The van der Waals surface area contributed by atoms with Gasteiger partial charge in [0.15, 0.2) is 0 Å². The van der Waals surface area contributed by atoms with Gasteiger partial charge >= 0.3 is 0 Å². The van der Waals surface area contributed by atoms with Crippen LogP contribution >= 0.6 is 0 Å². The molecule has 0 atom stereocenters. The molecule has 0 heterocycles. The van der Waals surface area contributed by atoms with Gasteiger partial charge in [-0.05, 0) is 49.1 Å². The quantitative estimate of drug-likeness (QED) is 0.590. The van der Waals surface area contributed by atoms with Gasteiger partial charge in [-0.25, -0.2) is 0 Å². The normalized spacial score (nSPS) is 11.4. The number of oxime groups is 1. The maximum Gasteiger partial charge on any atom is 0.142 e. The molecule has 0 saturated heterocycles. The van der Waals surface area contributed by atoms with Gasteiger partial charge in [0.2, 0.25) is 0 Å². The summed E-state index contributed by atoms with van der Waals surface area (Å²) in [5.41, 5.74) is 5.70. The van der Waals surface area contributed by atoms with Gasteiger partial charge in [0, 0.05) is 0 Å². The Morgan fingerprint density at radius 2 is 1.74 bits per heavy atom. The average Bonchev–Trinajstić information content (AvgIpc) is 2.43. The van der Waals surface area contributed by atoms with E-state index < -0.39 is 0 Å². The summed E-state index contributed by atoms with van der Waals surface area (Å²) in [6, 6.07) is 16.4. The highest BCUT2D eigenvalue weighted by molar-refractivity contribution is 5.98. The fraction of sp³-hybridized carbons (Fsp3) is 0.235. The van der Waals surface area contributed by atoms with E-state index in [1.54, 1.807) is 0 Å². The molecule has 0 saturated carbocycles. The van der Waals surface area contributed by atoms with Crippen LogP contribution in [0, 0.1) is 13.8 Å². The lowest BCUT2D eigenvalue weighted by atomic mass is 10.0. The Morgan fingerprint density at radius 1 is 1.00 bits per heavy atom. The number of benzene rings is 2. The number of nitrogens with zero attached hydrogens (tertiary/aromatic N) is 1. The van der Waals surface area contributed by atoms with Crippen molar-refractivity contribution in [3.8, 4) is 0 Å². The van der Waals surface area contributed by atoms with Crippen LogP contribution in [-0.2, 0) is 11.4 Å². The molecule has 0 aliphatic heterocycles. The molecule has 0 unspecified atom stereocenters. The lowest BCUT2D eigenvalue weighted by molar-refractivity contribution is 0.130. The van der Waals surface area contributed by atoms with Crippen LogP contribution in [0.25, 0.3) is 0 Å². The van der Waals surface area contributed by atoms with Gasteiger partial charge in [0.25, 0.3) is 0 Å². The standard InChI is InChI=1S/C17H19NO/c1-13-9-10-17(11-14(13)2)15(3)18-19-12-16-7-5-4-6-8-16/h4-11H,12H2,1-3H3/b18-15-. The monoisotopic (exact) mass is 253 g/mol. The highest BCUT2D eigenvalue weighted by Crippen LogP contribution is 2.11. The molecule has 0 aromatic heterocycles. The minimum absolute atomic E-state index is 0.503. The molecule has 2 heteroatoms. The van der Waals surface area contributed by atoms with Gasteiger partial charge in [0.1, 0.15) is 6.61 Å². The molecule has 0 amide bonds. The fourth-order valence-electron chi connectivity index (χ4n) is 1.80. The van der Waals surface area contributed by atoms with E-state index in [0.717, 1.165) is 16.8 Å². The minimum atomic E-state index is 0.503. The molecule has 0 bridgehead atoms. The molecule has 98 valence electrons. The zero-order chi connectivity index (χ0) is 13.7. The molecule has 2 rings (SSSR count). The smallest absolute Gasteiger partial charge is 0.142 e. The minimum Gasteiger partial charge on any atom is -0.391 e. The summed E-state index contributed by atoms with van der Waals surface area (Å²) >= 11 is 0. The number of rotatable bonds is 4. The first-order chi connectivity index (χ1) is 9.16. The lowest BCUT2D eigenvalue weighted by Crippen LogP contribution is -1.98. The molecule has 19 heavy (non-hydrogen) atoms. The first-order valence-electron chi connectivity index (χ1n) is 6.45. The zero-order valence-corrected chi connectivity index (χ0v) is 11.7. The third-order valence-corrected chi connectivity index (χ3v) is 3.20. The van der Waals surface area contributed by atoms with Crippen LogP contribution in [-0.4, -0.2) is 5.71 Å². The first kappa shape index (κ1) is 13.3. The van der Waals surface area contributed by atoms with Gasteiger partial charge in [-0.3, -0.25) is 0 Å². The summed E-state index contributed by atoms with van der Waals surface area (Å²) in [5, 5.41) is 4.18. The van der Waals surface area contributed by atoms with E-state index in [-0.39, 0.29) is 0 Å². The van der Waals surface area contributed by atoms with Gasteiger partial charge in [-0.1, -0.05) is 47.6 Å². The van der Waals surface area contributed by atoms with Crippen molar-refractivity contribution in [2.24, 2.45) is 5.16 Å². The van der Waals surface area contributed by atoms with Crippen LogP contribution < -0.4 is 0 Å². The first-order valence-corrected chi connectivity index (χ1v) is 6.45. The molecule has 0 N–H and O–H groups in total. The van der Waals surface area contributed by atoms with Crippen LogP contribution in [0.1, 0.15) is 29.2 Å². The van der Waals surface area contributed by atoms with E-state index in [2.05, 4.69) is 37.2 Å². The molecule has 0 aliphatic rings. The van der Waals surface area contributed by atoms with E-state index in [1.807, 2.05) is 37.3 Å². The van der Waals surface area contributed by atoms with Crippen LogP contribution in [0.15, 0.2) is 53.7 Å². The summed E-state index contributed by atoms with van der Waals surface area (Å²) in [6.45, 7) is 6.69. The van der Waals surface area contributed by atoms with Gasteiger partial charge in [0.05, 0.1) is 5.71 Å². The SMILES string of the molecule is C/C(=N/OCc1ccccc1)c1ccc(C)c(C)c1. The van der Waals surface area contributed by atoms with E-state index >= 15 is 0 Å². The molecular formula is C17H19NO. The topological polar surface area (TPSA) is 21.6 Å². The van der Waals surface area contributed by atoms with Crippen LogP contribution in [0.5, 0.6) is 0 Å². The highest BCUT2D eigenvalue weighted by Gasteiger charge is 2.00. The van der Waals surface area contributed by atoms with E-state index in [1.165, 1.54) is 11.1 Å². The van der Waals surface area contributed by atoms with Crippen molar-refractivity contribution in [1.29, 1.82) is 0 Å². The molecule has 2 aromatic rings. The third kappa shape index (κ3) is 3.68. The van der Waals surface area contributed by atoms with Crippen molar-refractivity contribution in [1.82, 2.24) is 0 Å². The Balaban J connectivity index is 2.01. The fourth-order valence-corrected chi connectivity index (χ4v) is 1.80. The molecular weight excluding hydrogens is 234 g/mol. The van der Waals surface area contributed by atoms with E-state index in [0.29, 0.717) is 6.61 Å². The Hall–Kier alpha value is -2.09. The summed E-state index contributed by atoms with van der Waals surface area (Å²) < 4.78 is 0. The van der Waals surface area contributed by atoms with Gasteiger partial charge < -0.3 is 4.84 Å². The Bertz CT molecular complexity index is 573. The second kappa shape index (κ2) is 6.19. The van der Waals surface area contributed by atoms with E-state index in [9.17, 15) is 0 Å². The maximum atomic E-state index is 5.39. The van der Waals surface area contributed by atoms with Crippen LogP contribution in [0.3, 0.4) is 0 Å². The zero-order valence-electron chi connectivity index (χ0n) is 11.7. The summed E-state index contributed by atoms with van der Waals surface area (Å²) in [6.07, 6.45) is 0. The van der Waals surface area contributed by atoms with Crippen molar-refractivity contribution in [2.45, 2.75) is 27.4 Å². The van der Waals surface area contributed by atoms with Gasteiger partial charge in [-0.2, -0.15) is 0 Å². The second-order valence-electron chi connectivity index (χ2n) is 4.73. The summed E-state index contributed by atoms with van der Waals surface area (Å²) in [4.78, 5) is 5.39. The molecule has 2 aromatic carbocycles. The van der Waals surface area contributed by atoms with Crippen molar-refractivity contribution in [3.05, 3.63) is 70.8 Å². The van der Waals surface area contributed by atoms with Crippen LogP contribution in [0.4, 0.5) is 0 Å². The molecule has 0 fully saturated rings. The predicted molar refractivity (Wildman–Crippen MR) is 79.4 cm³/mol. The third-order valence-electron chi connectivity index (χ3n) is 3.20. The highest BCUT2D eigenvalue weighted by atomic mass is 16.6. The van der Waals surface area contributed by atoms with Gasteiger partial charge in [-0.15, -0.1) is 0 Å². The van der Waals surface area contributed by atoms with Crippen molar-refractivity contribution in [2.75, 3.05) is 0 Å². The van der Waals surface area contributed by atoms with Crippen LogP contribution in [0.2, 0.25) is 0 Å². The van der Waals surface area contributed by atoms with E-state index in [4.69, 9.17) is 4.84 Å². The van der Waals surface area contributed by atoms with Crippen molar-refractivity contribution < 1.29 is 4.84 Å². The number of hydrogen-bond donors (Lipinski definition) is 0. The Labute approximate surface area is 114 Å². The molecule has 0 aliphatic carbocycles. The largest absolute Gasteiger partial charge is 0.391 e. The molecule has 0 radical (unpaired) electrons. The second-order valence-corrected chi connectivity index (χ2v) is 4.73.